The number of aromatic carboxylic acids is 1. The van der Waals surface area contributed by atoms with Crippen LogP contribution in [0.15, 0.2) is 18.2 Å². The zero-order valence-electron chi connectivity index (χ0n) is 11.7. The highest BCUT2D eigenvalue weighted by Gasteiger charge is 2.26. The van der Waals surface area contributed by atoms with Gasteiger partial charge < -0.3 is 14.9 Å². The van der Waals surface area contributed by atoms with Crippen LogP contribution in [-0.2, 0) is 13.0 Å². The van der Waals surface area contributed by atoms with Gasteiger partial charge in [-0.25, -0.2) is 9.59 Å². The van der Waals surface area contributed by atoms with Crippen molar-refractivity contribution in [2.45, 2.75) is 13.0 Å². The van der Waals surface area contributed by atoms with Crippen molar-refractivity contribution >= 4 is 23.8 Å². The molecule has 1 saturated heterocycles. The van der Waals surface area contributed by atoms with Crippen LogP contribution in [0.2, 0.25) is 0 Å². The molecule has 6 heteroatoms. The Labute approximate surface area is 127 Å². The zero-order valence-corrected chi connectivity index (χ0v) is 12.6. The maximum atomic E-state index is 12.5. The van der Waals surface area contributed by atoms with Crippen molar-refractivity contribution in [3.05, 3.63) is 34.9 Å². The number of nitrogens with zero attached hydrogens (tertiary/aromatic N) is 2. The van der Waals surface area contributed by atoms with Gasteiger partial charge in [-0.05, 0) is 29.7 Å². The van der Waals surface area contributed by atoms with Crippen LogP contribution in [-0.4, -0.2) is 58.0 Å². The first kappa shape index (κ1) is 14.3. The number of hydrogen-bond acceptors (Lipinski definition) is 3. The van der Waals surface area contributed by atoms with Crippen molar-refractivity contribution in [2.75, 3.05) is 31.1 Å². The normalized spacial score (nSPS) is 18.3. The Hall–Kier alpha value is -1.69. The number of carboxylic acids is 1. The molecule has 112 valence electrons. The van der Waals surface area contributed by atoms with Crippen LogP contribution in [0.1, 0.15) is 21.5 Å². The molecule has 0 saturated carbocycles. The Bertz CT molecular complexity index is 570. The van der Waals surface area contributed by atoms with Crippen molar-refractivity contribution in [2.24, 2.45) is 0 Å². The second-order valence-electron chi connectivity index (χ2n) is 5.34. The van der Waals surface area contributed by atoms with Gasteiger partial charge in [0.05, 0.1) is 5.56 Å². The molecule has 2 heterocycles. The van der Waals surface area contributed by atoms with Gasteiger partial charge in [-0.3, -0.25) is 0 Å². The van der Waals surface area contributed by atoms with Crippen molar-refractivity contribution in [3.63, 3.8) is 0 Å². The second-order valence-corrected chi connectivity index (χ2v) is 6.57. The predicted octanol–water partition coefficient (Wildman–Crippen LogP) is 1.91. The Morgan fingerprint density at radius 2 is 1.81 bits per heavy atom. The molecular weight excluding hydrogens is 288 g/mol. The van der Waals surface area contributed by atoms with Gasteiger partial charge in [-0.2, -0.15) is 11.8 Å². The van der Waals surface area contributed by atoms with Crippen LogP contribution < -0.4 is 0 Å². The van der Waals surface area contributed by atoms with E-state index in [1.165, 1.54) is 0 Å². The molecule has 1 fully saturated rings. The average molecular weight is 306 g/mol. The molecule has 2 aliphatic rings. The van der Waals surface area contributed by atoms with E-state index < -0.39 is 5.97 Å². The minimum Gasteiger partial charge on any atom is -0.478 e. The van der Waals surface area contributed by atoms with Crippen LogP contribution in [0, 0.1) is 0 Å². The maximum Gasteiger partial charge on any atom is 0.335 e. The van der Waals surface area contributed by atoms with Crippen LogP contribution in [0.25, 0.3) is 0 Å². The van der Waals surface area contributed by atoms with Crippen molar-refractivity contribution < 1.29 is 14.7 Å². The number of urea groups is 1. The van der Waals surface area contributed by atoms with Crippen LogP contribution >= 0.6 is 11.8 Å². The molecule has 21 heavy (non-hydrogen) atoms. The Morgan fingerprint density at radius 3 is 2.52 bits per heavy atom. The molecule has 1 aromatic rings. The van der Waals surface area contributed by atoms with E-state index in [1.54, 1.807) is 12.1 Å². The fraction of sp³-hybridized carbons (Fsp3) is 0.467. The lowest BCUT2D eigenvalue weighted by molar-refractivity contribution is 0.0696. The summed E-state index contributed by atoms with van der Waals surface area (Å²) in [6.07, 6.45) is 0.795. The standard InChI is InChI=1S/C15H18N2O3S/c18-14(19)12-2-1-11-3-4-17(10-13(11)9-12)15(20)16-5-7-21-8-6-16/h1-2,9H,3-8,10H2,(H,18,19). The predicted molar refractivity (Wildman–Crippen MR) is 81.8 cm³/mol. The van der Waals surface area contributed by atoms with Gasteiger partial charge in [0.25, 0.3) is 0 Å². The van der Waals surface area contributed by atoms with Crippen molar-refractivity contribution in [1.29, 1.82) is 0 Å². The number of thioether (sulfide) groups is 1. The highest BCUT2D eigenvalue weighted by atomic mass is 32.2. The summed E-state index contributed by atoms with van der Waals surface area (Å²) in [7, 11) is 0. The van der Waals surface area contributed by atoms with Gasteiger partial charge in [0, 0.05) is 37.7 Å². The monoisotopic (exact) mass is 306 g/mol. The van der Waals surface area contributed by atoms with Gasteiger partial charge in [-0.15, -0.1) is 0 Å². The summed E-state index contributed by atoms with van der Waals surface area (Å²) in [5, 5.41) is 9.07. The third-order valence-corrected chi connectivity index (χ3v) is 4.96. The van der Waals surface area contributed by atoms with Crippen LogP contribution in [0.4, 0.5) is 4.79 Å². The molecule has 0 radical (unpaired) electrons. The number of hydrogen-bond donors (Lipinski definition) is 1. The smallest absolute Gasteiger partial charge is 0.335 e. The SMILES string of the molecule is O=C(O)c1ccc2c(c1)CN(C(=O)N1CCSCC1)CC2. The Morgan fingerprint density at radius 1 is 1.05 bits per heavy atom. The van der Waals surface area contributed by atoms with E-state index in [2.05, 4.69) is 0 Å². The first-order chi connectivity index (χ1) is 10.1. The van der Waals surface area contributed by atoms with E-state index in [-0.39, 0.29) is 11.6 Å². The minimum absolute atomic E-state index is 0.0849. The van der Waals surface area contributed by atoms with Gasteiger partial charge in [0.15, 0.2) is 0 Å². The lowest BCUT2D eigenvalue weighted by atomic mass is 9.97. The molecule has 0 bridgehead atoms. The number of fused-ring (bicyclic) bond motifs is 1. The fourth-order valence-electron chi connectivity index (χ4n) is 2.81. The molecule has 1 aromatic carbocycles. The summed E-state index contributed by atoms with van der Waals surface area (Å²) in [6.45, 7) is 2.84. The molecule has 0 atom stereocenters. The van der Waals surface area contributed by atoms with Crippen molar-refractivity contribution in [3.8, 4) is 0 Å². The first-order valence-electron chi connectivity index (χ1n) is 7.12. The zero-order chi connectivity index (χ0) is 14.8. The van der Waals surface area contributed by atoms with Crippen molar-refractivity contribution in [1.82, 2.24) is 9.80 Å². The summed E-state index contributed by atoms with van der Waals surface area (Å²) in [4.78, 5) is 27.3. The molecule has 0 spiro atoms. The van der Waals surface area contributed by atoms with E-state index in [9.17, 15) is 9.59 Å². The molecule has 0 aromatic heterocycles. The maximum absolute atomic E-state index is 12.5. The quantitative estimate of drug-likeness (QED) is 0.861. The van der Waals surface area contributed by atoms with Gasteiger partial charge >= 0.3 is 12.0 Å². The minimum atomic E-state index is -0.922. The molecular formula is C15H18N2O3S. The molecule has 0 aliphatic carbocycles. The fourth-order valence-corrected chi connectivity index (χ4v) is 3.71. The number of carboxylic acid groups (broad SMARTS) is 1. The summed E-state index contributed by atoms with van der Waals surface area (Å²) < 4.78 is 0. The van der Waals surface area contributed by atoms with E-state index >= 15 is 0 Å². The number of carbonyl (C=O) groups is 2. The second kappa shape index (κ2) is 5.97. The molecule has 1 N–H and O–H groups in total. The highest BCUT2D eigenvalue weighted by molar-refractivity contribution is 7.99. The number of amides is 2. The van der Waals surface area contributed by atoms with Gasteiger partial charge in [0.2, 0.25) is 0 Å². The summed E-state index contributed by atoms with van der Waals surface area (Å²) >= 11 is 1.88. The number of benzene rings is 1. The Balaban J connectivity index is 1.75. The molecule has 3 rings (SSSR count). The van der Waals surface area contributed by atoms with E-state index in [0.29, 0.717) is 13.1 Å². The van der Waals surface area contributed by atoms with E-state index in [4.69, 9.17) is 5.11 Å². The summed E-state index contributed by atoms with van der Waals surface area (Å²) in [6, 6.07) is 5.30. The third-order valence-electron chi connectivity index (χ3n) is 4.02. The highest BCUT2D eigenvalue weighted by Crippen LogP contribution is 2.22. The molecule has 2 amide bonds. The average Bonchev–Trinajstić information content (AvgIpc) is 2.54. The lowest BCUT2D eigenvalue weighted by Crippen LogP contribution is -2.48. The lowest BCUT2D eigenvalue weighted by Gasteiger charge is -2.35. The summed E-state index contributed by atoms with van der Waals surface area (Å²) in [5.41, 5.74) is 2.40. The molecule has 5 nitrogen and oxygen atoms in total. The van der Waals surface area contributed by atoms with Gasteiger partial charge in [0.1, 0.15) is 0 Å². The Kier molecular flexibility index (Phi) is 4.05. The first-order valence-corrected chi connectivity index (χ1v) is 8.27. The largest absolute Gasteiger partial charge is 0.478 e. The summed E-state index contributed by atoms with van der Waals surface area (Å²) in [5.74, 6) is 1.08. The van der Waals surface area contributed by atoms with Crippen LogP contribution in [0.3, 0.4) is 0 Å². The third kappa shape index (κ3) is 3.00. The van der Waals surface area contributed by atoms with E-state index in [0.717, 1.165) is 42.1 Å². The number of rotatable bonds is 1. The number of carbonyl (C=O) groups excluding carboxylic acids is 1. The van der Waals surface area contributed by atoms with E-state index in [1.807, 2.05) is 27.6 Å². The molecule has 0 unspecified atom stereocenters. The van der Waals surface area contributed by atoms with Crippen LogP contribution in [0.5, 0.6) is 0 Å². The molecule has 2 aliphatic heterocycles. The van der Waals surface area contributed by atoms with Gasteiger partial charge in [-0.1, -0.05) is 6.07 Å². The topological polar surface area (TPSA) is 60.9 Å².